The van der Waals surface area contributed by atoms with E-state index < -0.39 is 0 Å². The number of nitrogens with one attached hydrogen (secondary N) is 1. The van der Waals surface area contributed by atoms with Gasteiger partial charge in [-0.15, -0.1) is 0 Å². The predicted octanol–water partition coefficient (Wildman–Crippen LogP) is 4.00. The van der Waals surface area contributed by atoms with E-state index in [0.29, 0.717) is 18.1 Å². The van der Waals surface area contributed by atoms with E-state index in [1.807, 2.05) is 12.5 Å². The van der Waals surface area contributed by atoms with Crippen LogP contribution in [0.25, 0.3) is 0 Å². The van der Waals surface area contributed by atoms with Gasteiger partial charge in [-0.2, -0.15) is 0 Å². The molecule has 1 N–H and O–H groups in total. The molecule has 0 spiro atoms. The van der Waals surface area contributed by atoms with Crippen LogP contribution in [0, 0.1) is 6.92 Å². The van der Waals surface area contributed by atoms with Gasteiger partial charge >= 0.3 is 0 Å². The Labute approximate surface area is 127 Å². The first-order chi connectivity index (χ1) is 10.1. The minimum atomic E-state index is 0.321. The second-order valence-corrected chi connectivity index (χ2v) is 6.36. The number of nitrogens with zero attached hydrogens (tertiary/aromatic N) is 2. The van der Waals surface area contributed by atoms with Gasteiger partial charge in [0.05, 0.1) is 18.1 Å². The Hall–Kier alpha value is -1.61. The molecule has 1 aromatic heterocycles. The fourth-order valence-electron chi connectivity index (χ4n) is 3.29. The van der Waals surface area contributed by atoms with Crippen LogP contribution in [-0.2, 0) is 0 Å². The highest BCUT2D eigenvalue weighted by atomic mass is 15.1. The molecule has 3 rings (SSSR count). The summed E-state index contributed by atoms with van der Waals surface area (Å²) in [5.74, 6) is 0. The van der Waals surface area contributed by atoms with E-state index in [1.54, 1.807) is 0 Å². The number of benzene rings is 1. The molecule has 3 nitrogen and oxygen atoms in total. The summed E-state index contributed by atoms with van der Waals surface area (Å²) < 4.78 is 2.32. The maximum Gasteiger partial charge on any atom is 0.0954 e. The van der Waals surface area contributed by atoms with Crippen LogP contribution in [0.2, 0.25) is 0 Å². The number of piperidine rings is 1. The summed E-state index contributed by atoms with van der Waals surface area (Å²) in [6, 6.07) is 10.2. The van der Waals surface area contributed by atoms with E-state index in [-0.39, 0.29) is 0 Å². The van der Waals surface area contributed by atoms with Gasteiger partial charge in [-0.1, -0.05) is 29.8 Å². The van der Waals surface area contributed by atoms with Crippen molar-refractivity contribution in [2.24, 2.45) is 0 Å². The zero-order valence-corrected chi connectivity index (χ0v) is 13.2. The molecule has 3 atom stereocenters. The third-order valence-corrected chi connectivity index (χ3v) is 4.65. The molecule has 2 heterocycles. The van der Waals surface area contributed by atoms with Crippen molar-refractivity contribution in [1.82, 2.24) is 14.9 Å². The summed E-state index contributed by atoms with van der Waals surface area (Å²) in [5, 5.41) is 3.71. The van der Waals surface area contributed by atoms with E-state index in [0.717, 1.165) is 0 Å². The van der Waals surface area contributed by atoms with Gasteiger partial charge < -0.3 is 9.88 Å². The van der Waals surface area contributed by atoms with Crippen LogP contribution in [0.4, 0.5) is 0 Å². The van der Waals surface area contributed by atoms with Crippen molar-refractivity contribution in [3.63, 3.8) is 0 Å². The second-order valence-electron chi connectivity index (χ2n) is 6.36. The maximum absolute atomic E-state index is 4.41. The normalized spacial score (nSPS) is 24.0. The standard InChI is InChI=1S/C18H25N3/c1-13-7-9-16(10-8-13)15(3)21-12-19-11-18(21)17-6-4-5-14(2)20-17/h7-12,14-15,17,20H,4-6H2,1-3H3. The summed E-state index contributed by atoms with van der Waals surface area (Å²) >= 11 is 0. The average Bonchev–Trinajstić information content (AvgIpc) is 2.97. The summed E-state index contributed by atoms with van der Waals surface area (Å²) in [5.41, 5.74) is 3.96. The largest absolute Gasteiger partial charge is 0.326 e. The lowest BCUT2D eigenvalue weighted by atomic mass is 9.97. The SMILES string of the molecule is Cc1ccc(C(C)n2cncc2C2CCCC(C)N2)cc1. The molecular weight excluding hydrogens is 258 g/mol. The Bertz CT molecular complexity index is 585. The van der Waals surface area contributed by atoms with Crippen molar-refractivity contribution >= 4 is 0 Å². The maximum atomic E-state index is 4.41. The molecule has 0 saturated carbocycles. The zero-order valence-electron chi connectivity index (χ0n) is 13.2. The molecule has 1 aromatic carbocycles. The molecule has 0 bridgehead atoms. The van der Waals surface area contributed by atoms with E-state index in [1.165, 1.54) is 36.1 Å². The summed E-state index contributed by atoms with van der Waals surface area (Å²) in [6.45, 7) is 6.66. The molecule has 0 aliphatic carbocycles. The molecule has 21 heavy (non-hydrogen) atoms. The van der Waals surface area contributed by atoms with Crippen LogP contribution in [0.1, 0.15) is 62.0 Å². The van der Waals surface area contributed by atoms with Gasteiger partial charge in [-0.05, 0) is 45.6 Å². The topological polar surface area (TPSA) is 29.9 Å². The Morgan fingerprint density at radius 1 is 1.24 bits per heavy atom. The van der Waals surface area contributed by atoms with Crippen LogP contribution in [-0.4, -0.2) is 15.6 Å². The first kappa shape index (κ1) is 14.3. The first-order valence-corrected chi connectivity index (χ1v) is 7.99. The highest BCUT2D eigenvalue weighted by molar-refractivity contribution is 5.25. The lowest BCUT2D eigenvalue weighted by Crippen LogP contribution is -2.35. The fourth-order valence-corrected chi connectivity index (χ4v) is 3.29. The van der Waals surface area contributed by atoms with Gasteiger partial charge in [0.1, 0.15) is 0 Å². The van der Waals surface area contributed by atoms with Crippen molar-refractivity contribution in [1.29, 1.82) is 0 Å². The minimum Gasteiger partial charge on any atom is -0.326 e. The van der Waals surface area contributed by atoms with Crippen LogP contribution < -0.4 is 5.32 Å². The second kappa shape index (κ2) is 6.02. The van der Waals surface area contributed by atoms with Crippen molar-refractivity contribution in [3.05, 3.63) is 53.6 Å². The molecule has 1 saturated heterocycles. The Kier molecular flexibility index (Phi) is 4.11. The van der Waals surface area contributed by atoms with Crippen molar-refractivity contribution in [2.45, 2.75) is 58.2 Å². The molecule has 1 aliphatic heterocycles. The van der Waals surface area contributed by atoms with E-state index >= 15 is 0 Å². The zero-order chi connectivity index (χ0) is 14.8. The molecule has 1 fully saturated rings. The van der Waals surface area contributed by atoms with Gasteiger partial charge in [0.2, 0.25) is 0 Å². The number of rotatable bonds is 3. The molecule has 1 aliphatic rings. The highest BCUT2D eigenvalue weighted by Gasteiger charge is 2.23. The quantitative estimate of drug-likeness (QED) is 0.922. The van der Waals surface area contributed by atoms with Gasteiger partial charge in [0, 0.05) is 18.3 Å². The summed E-state index contributed by atoms with van der Waals surface area (Å²) in [4.78, 5) is 4.41. The lowest BCUT2D eigenvalue weighted by Gasteiger charge is -2.30. The summed E-state index contributed by atoms with van der Waals surface area (Å²) in [7, 11) is 0. The third kappa shape index (κ3) is 3.03. The average molecular weight is 283 g/mol. The fraction of sp³-hybridized carbons (Fsp3) is 0.500. The number of hydrogen-bond donors (Lipinski definition) is 1. The first-order valence-electron chi connectivity index (χ1n) is 7.99. The monoisotopic (exact) mass is 283 g/mol. The van der Waals surface area contributed by atoms with Gasteiger partial charge in [-0.3, -0.25) is 0 Å². The van der Waals surface area contributed by atoms with Crippen LogP contribution in [0.15, 0.2) is 36.8 Å². The minimum absolute atomic E-state index is 0.321. The Balaban J connectivity index is 1.86. The molecular formula is C18H25N3. The van der Waals surface area contributed by atoms with Crippen molar-refractivity contribution in [2.75, 3.05) is 0 Å². The number of imidazole rings is 1. The molecule has 0 amide bonds. The van der Waals surface area contributed by atoms with Gasteiger partial charge in [0.15, 0.2) is 0 Å². The van der Waals surface area contributed by atoms with Gasteiger partial charge in [-0.25, -0.2) is 4.98 Å². The van der Waals surface area contributed by atoms with E-state index in [4.69, 9.17) is 0 Å². The predicted molar refractivity (Wildman–Crippen MR) is 86.4 cm³/mol. The van der Waals surface area contributed by atoms with Crippen molar-refractivity contribution in [3.8, 4) is 0 Å². The van der Waals surface area contributed by atoms with Crippen LogP contribution in [0.3, 0.4) is 0 Å². The number of aromatic nitrogens is 2. The molecule has 112 valence electrons. The summed E-state index contributed by atoms with van der Waals surface area (Å²) in [6.07, 6.45) is 7.78. The lowest BCUT2D eigenvalue weighted by molar-refractivity contribution is 0.327. The van der Waals surface area contributed by atoms with E-state index in [9.17, 15) is 0 Å². The number of aryl methyl sites for hydroxylation is 1. The van der Waals surface area contributed by atoms with Crippen LogP contribution >= 0.6 is 0 Å². The van der Waals surface area contributed by atoms with E-state index in [2.05, 4.69) is 59.9 Å². The number of hydrogen-bond acceptors (Lipinski definition) is 2. The Morgan fingerprint density at radius 3 is 2.71 bits per heavy atom. The van der Waals surface area contributed by atoms with Crippen LogP contribution in [0.5, 0.6) is 0 Å². The Morgan fingerprint density at radius 2 is 2.00 bits per heavy atom. The molecule has 3 unspecified atom stereocenters. The molecule has 0 radical (unpaired) electrons. The molecule has 2 aromatic rings. The molecule has 3 heteroatoms. The van der Waals surface area contributed by atoms with Crippen molar-refractivity contribution < 1.29 is 0 Å². The smallest absolute Gasteiger partial charge is 0.0954 e. The third-order valence-electron chi connectivity index (χ3n) is 4.65. The highest BCUT2D eigenvalue weighted by Crippen LogP contribution is 2.29. The van der Waals surface area contributed by atoms with Gasteiger partial charge in [0.25, 0.3) is 0 Å².